The summed E-state index contributed by atoms with van der Waals surface area (Å²) < 4.78 is 1.73. The second-order valence-electron chi connectivity index (χ2n) is 5.42. The van der Waals surface area contributed by atoms with Gasteiger partial charge in [-0.1, -0.05) is 5.21 Å². The molecule has 0 bridgehead atoms. The topological polar surface area (TPSA) is 63.0 Å². The predicted octanol–water partition coefficient (Wildman–Crippen LogP) is 1.27. The van der Waals surface area contributed by atoms with Gasteiger partial charge in [0.2, 0.25) is 0 Å². The molecule has 0 radical (unpaired) electrons. The lowest BCUT2D eigenvalue weighted by molar-refractivity contribution is 0.0909. The number of aryl methyl sites for hydroxylation is 1. The fourth-order valence-corrected chi connectivity index (χ4v) is 3.23. The number of piperidine rings is 1. The summed E-state index contributed by atoms with van der Waals surface area (Å²) in [7, 11) is 1.88. The van der Waals surface area contributed by atoms with Gasteiger partial charge >= 0.3 is 0 Å². The van der Waals surface area contributed by atoms with Crippen molar-refractivity contribution in [1.29, 1.82) is 0 Å². The van der Waals surface area contributed by atoms with Gasteiger partial charge in [-0.3, -0.25) is 14.4 Å². The van der Waals surface area contributed by atoms with E-state index in [-0.39, 0.29) is 11.9 Å². The first kappa shape index (κ1) is 14.2. The summed E-state index contributed by atoms with van der Waals surface area (Å²) in [5.74, 6) is 0.0450. The third-order valence-corrected chi connectivity index (χ3v) is 4.43. The van der Waals surface area contributed by atoms with Crippen LogP contribution in [0.5, 0.6) is 0 Å². The van der Waals surface area contributed by atoms with Crippen LogP contribution in [0.25, 0.3) is 0 Å². The van der Waals surface area contributed by atoms with Crippen molar-refractivity contribution in [1.82, 2.24) is 25.2 Å². The maximum Gasteiger partial charge on any atom is 0.252 e. The lowest BCUT2D eigenvalue weighted by Gasteiger charge is -2.31. The Morgan fingerprint density at radius 1 is 1.48 bits per heavy atom. The molecule has 0 aromatic carbocycles. The van der Waals surface area contributed by atoms with Crippen molar-refractivity contribution in [2.75, 3.05) is 13.1 Å². The molecule has 1 amide bonds. The smallest absolute Gasteiger partial charge is 0.252 e. The molecule has 1 N–H and O–H groups in total. The molecule has 3 heterocycles. The molecule has 2 aromatic heterocycles. The van der Waals surface area contributed by atoms with Crippen LogP contribution < -0.4 is 5.32 Å². The van der Waals surface area contributed by atoms with Gasteiger partial charge in [-0.2, -0.15) is 11.3 Å². The number of rotatable bonds is 4. The largest absolute Gasteiger partial charge is 0.349 e. The standard InChI is InChI=1S/C14H19N5OS/c1-18-8-13(16-17-18)9-19-5-2-12(3-6-19)15-14(20)11-4-7-21-10-11/h4,7-8,10,12H,2-3,5-6,9H2,1H3,(H,15,20). The summed E-state index contributed by atoms with van der Waals surface area (Å²) in [5, 5.41) is 15.0. The van der Waals surface area contributed by atoms with E-state index in [4.69, 9.17) is 0 Å². The van der Waals surface area contributed by atoms with Crippen molar-refractivity contribution in [2.24, 2.45) is 7.05 Å². The molecule has 0 unspecified atom stereocenters. The molecule has 3 rings (SSSR count). The Bertz CT molecular complexity index is 586. The van der Waals surface area contributed by atoms with E-state index in [1.165, 1.54) is 0 Å². The molecule has 0 atom stereocenters. The zero-order valence-corrected chi connectivity index (χ0v) is 12.8. The second kappa shape index (κ2) is 6.36. The molecule has 1 aliphatic heterocycles. The van der Waals surface area contributed by atoms with Crippen molar-refractivity contribution < 1.29 is 4.79 Å². The van der Waals surface area contributed by atoms with Crippen molar-refractivity contribution in [3.05, 3.63) is 34.3 Å². The number of likely N-dealkylation sites (tertiary alicyclic amines) is 1. The van der Waals surface area contributed by atoms with E-state index in [0.717, 1.165) is 43.7 Å². The van der Waals surface area contributed by atoms with E-state index in [1.807, 2.05) is 30.1 Å². The molecule has 0 saturated carbocycles. The number of nitrogens with zero attached hydrogens (tertiary/aromatic N) is 4. The summed E-state index contributed by atoms with van der Waals surface area (Å²) in [6, 6.07) is 2.14. The highest BCUT2D eigenvalue weighted by Crippen LogP contribution is 2.14. The molecule has 0 spiro atoms. The summed E-state index contributed by atoms with van der Waals surface area (Å²) >= 11 is 1.55. The summed E-state index contributed by atoms with van der Waals surface area (Å²) in [4.78, 5) is 14.4. The summed E-state index contributed by atoms with van der Waals surface area (Å²) in [6.45, 7) is 2.79. The Labute approximate surface area is 127 Å². The van der Waals surface area contributed by atoms with Crippen molar-refractivity contribution in [2.45, 2.75) is 25.4 Å². The second-order valence-corrected chi connectivity index (χ2v) is 6.20. The molecule has 7 heteroatoms. The third-order valence-electron chi connectivity index (χ3n) is 3.74. The van der Waals surface area contributed by atoms with E-state index < -0.39 is 0 Å². The van der Waals surface area contributed by atoms with E-state index in [9.17, 15) is 4.79 Å². The number of amides is 1. The predicted molar refractivity (Wildman–Crippen MR) is 81.1 cm³/mol. The molecular weight excluding hydrogens is 286 g/mol. The average Bonchev–Trinajstić information content (AvgIpc) is 3.13. The summed E-state index contributed by atoms with van der Waals surface area (Å²) in [6.07, 6.45) is 3.91. The molecule has 21 heavy (non-hydrogen) atoms. The minimum atomic E-state index is 0.0450. The van der Waals surface area contributed by atoms with E-state index >= 15 is 0 Å². The molecule has 1 fully saturated rings. The van der Waals surface area contributed by atoms with Crippen LogP contribution in [0.3, 0.4) is 0 Å². The SMILES string of the molecule is Cn1cc(CN2CCC(NC(=O)c3ccsc3)CC2)nn1. The normalized spacial score (nSPS) is 17.0. The molecule has 112 valence electrons. The highest BCUT2D eigenvalue weighted by Gasteiger charge is 2.21. The van der Waals surface area contributed by atoms with Gasteiger partial charge in [0, 0.05) is 49.9 Å². The quantitative estimate of drug-likeness (QED) is 0.924. The Morgan fingerprint density at radius 3 is 2.90 bits per heavy atom. The zero-order valence-electron chi connectivity index (χ0n) is 12.0. The third kappa shape index (κ3) is 3.68. The highest BCUT2D eigenvalue weighted by atomic mass is 32.1. The lowest BCUT2D eigenvalue weighted by atomic mass is 10.0. The van der Waals surface area contributed by atoms with Crippen LogP contribution in [0.4, 0.5) is 0 Å². The minimum absolute atomic E-state index is 0.0450. The zero-order chi connectivity index (χ0) is 14.7. The fourth-order valence-electron chi connectivity index (χ4n) is 2.59. The molecule has 0 aliphatic carbocycles. The van der Waals surface area contributed by atoms with Crippen LogP contribution in [0.15, 0.2) is 23.0 Å². The number of thiophene rings is 1. The molecule has 6 nitrogen and oxygen atoms in total. The van der Waals surface area contributed by atoms with Crippen LogP contribution >= 0.6 is 11.3 Å². The van der Waals surface area contributed by atoms with Gasteiger partial charge < -0.3 is 5.32 Å². The lowest BCUT2D eigenvalue weighted by Crippen LogP contribution is -2.44. The minimum Gasteiger partial charge on any atom is -0.349 e. The van der Waals surface area contributed by atoms with Crippen LogP contribution in [0, 0.1) is 0 Å². The fraction of sp³-hybridized carbons (Fsp3) is 0.500. The molecular formula is C14H19N5OS. The van der Waals surface area contributed by atoms with Crippen LogP contribution in [0.1, 0.15) is 28.9 Å². The van der Waals surface area contributed by atoms with Gasteiger partial charge in [0.25, 0.3) is 5.91 Å². The Balaban J connectivity index is 1.45. The average molecular weight is 305 g/mol. The molecule has 1 aliphatic rings. The van der Waals surface area contributed by atoms with Crippen molar-refractivity contribution in [3.8, 4) is 0 Å². The van der Waals surface area contributed by atoms with Crippen LogP contribution in [0.2, 0.25) is 0 Å². The van der Waals surface area contributed by atoms with Gasteiger partial charge in [-0.05, 0) is 24.3 Å². The van der Waals surface area contributed by atoms with Gasteiger partial charge in [-0.15, -0.1) is 5.10 Å². The maximum atomic E-state index is 12.0. The monoisotopic (exact) mass is 305 g/mol. The first-order valence-electron chi connectivity index (χ1n) is 7.11. The molecule has 1 saturated heterocycles. The Hall–Kier alpha value is -1.73. The van der Waals surface area contributed by atoms with Gasteiger partial charge in [-0.25, -0.2) is 0 Å². The van der Waals surface area contributed by atoms with Crippen molar-refractivity contribution >= 4 is 17.2 Å². The first-order valence-corrected chi connectivity index (χ1v) is 8.05. The van der Waals surface area contributed by atoms with Gasteiger partial charge in [0.1, 0.15) is 0 Å². The van der Waals surface area contributed by atoms with E-state index in [2.05, 4.69) is 20.5 Å². The van der Waals surface area contributed by atoms with Gasteiger partial charge in [0.15, 0.2) is 0 Å². The number of carbonyl (C=O) groups is 1. The number of aromatic nitrogens is 3. The van der Waals surface area contributed by atoms with E-state index in [1.54, 1.807) is 16.0 Å². The maximum absolute atomic E-state index is 12.0. The van der Waals surface area contributed by atoms with Crippen molar-refractivity contribution in [3.63, 3.8) is 0 Å². The van der Waals surface area contributed by atoms with E-state index in [0.29, 0.717) is 0 Å². The van der Waals surface area contributed by atoms with Crippen LogP contribution in [-0.4, -0.2) is 44.9 Å². The number of carbonyl (C=O) groups excluding carboxylic acids is 1. The molecule has 2 aromatic rings. The number of hydrogen-bond acceptors (Lipinski definition) is 5. The Morgan fingerprint density at radius 2 is 2.29 bits per heavy atom. The first-order chi connectivity index (χ1) is 10.2. The number of nitrogens with one attached hydrogen (secondary N) is 1. The van der Waals surface area contributed by atoms with Crippen LogP contribution in [-0.2, 0) is 13.6 Å². The number of hydrogen-bond donors (Lipinski definition) is 1. The Kier molecular flexibility index (Phi) is 4.31. The van der Waals surface area contributed by atoms with Gasteiger partial charge in [0.05, 0.1) is 5.69 Å². The summed E-state index contributed by atoms with van der Waals surface area (Å²) in [5.41, 5.74) is 1.76. The highest BCUT2D eigenvalue weighted by molar-refractivity contribution is 7.08.